The molecule has 1 N–H and O–H groups in total. The molecule has 0 amide bonds. The zero-order valence-electron chi connectivity index (χ0n) is 12.4. The number of hydrogen-bond donors (Lipinski definition) is 1. The molecule has 1 aromatic carbocycles. The van der Waals surface area contributed by atoms with Crippen LogP contribution in [0.1, 0.15) is 24.6 Å². The highest BCUT2D eigenvalue weighted by atomic mass is 19.4. The van der Waals surface area contributed by atoms with E-state index in [1.807, 2.05) is 0 Å². The third-order valence-electron chi connectivity index (χ3n) is 3.41. The summed E-state index contributed by atoms with van der Waals surface area (Å²) in [5, 5.41) is 10.7. The molecule has 0 saturated carbocycles. The first-order chi connectivity index (χ1) is 11.1. The summed E-state index contributed by atoms with van der Waals surface area (Å²) in [6.07, 6.45) is -6.82. The lowest BCUT2D eigenvalue weighted by atomic mass is 9.88. The van der Waals surface area contributed by atoms with Crippen molar-refractivity contribution in [2.45, 2.75) is 31.2 Å². The molecule has 1 aromatic heterocycles. The van der Waals surface area contributed by atoms with Crippen LogP contribution in [0.5, 0.6) is 5.75 Å². The molecule has 2 aromatic rings. The van der Waals surface area contributed by atoms with Crippen LogP contribution in [0.15, 0.2) is 42.9 Å². The van der Waals surface area contributed by atoms with Crippen LogP contribution < -0.4 is 4.74 Å². The van der Waals surface area contributed by atoms with Crippen LogP contribution in [0.4, 0.5) is 22.0 Å². The topological polar surface area (TPSA) is 55.2 Å². The molecule has 1 unspecified atom stereocenters. The van der Waals surface area contributed by atoms with Gasteiger partial charge in [0.15, 0.2) is 0 Å². The fourth-order valence-electron chi connectivity index (χ4n) is 2.05. The lowest BCUT2D eigenvalue weighted by molar-refractivity contribution is -0.360. The molecule has 9 heteroatoms. The van der Waals surface area contributed by atoms with Gasteiger partial charge in [0.25, 0.3) is 0 Å². The maximum atomic E-state index is 12.9. The molecule has 2 rings (SSSR count). The minimum atomic E-state index is -5.82. The maximum Gasteiger partial charge on any atom is 0.499 e. The van der Waals surface area contributed by atoms with Crippen molar-refractivity contribution in [3.63, 3.8) is 0 Å². The van der Waals surface area contributed by atoms with Gasteiger partial charge in [-0.2, -0.15) is 22.0 Å². The molecular formula is C15H13F5N2O2. The highest BCUT2D eigenvalue weighted by molar-refractivity contribution is 5.35. The molecule has 0 saturated heterocycles. The minimum absolute atomic E-state index is 0.185. The van der Waals surface area contributed by atoms with E-state index in [1.165, 1.54) is 30.7 Å². The normalized spacial score (nSPS) is 15.0. The summed E-state index contributed by atoms with van der Waals surface area (Å²) >= 11 is 0. The van der Waals surface area contributed by atoms with Crippen LogP contribution in [-0.2, 0) is 5.60 Å². The van der Waals surface area contributed by atoms with Crippen molar-refractivity contribution >= 4 is 0 Å². The summed E-state index contributed by atoms with van der Waals surface area (Å²) in [4.78, 5) is 7.85. The van der Waals surface area contributed by atoms with Crippen LogP contribution in [0.25, 0.3) is 0 Å². The van der Waals surface area contributed by atoms with Gasteiger partial charge in [0.05, 0.1) is 11.9 Å². The fourth-order valence-corrected chi connectivity index (χ4v) is 2.05. The zero-order valence-corrected chi connectivity index (χ0v) is 12.4. The predicted molar refractivity (Wildman–Crippen MR) is 73.4 cm³/mol. The van der Waals surface area contributed by atoms with Crippen molar-refractivity contribution in [1.82, 2.24) is 9.97 Å². The lowest BCUT2D eigenvalue weighted by Crippen LogP contribution is -2.41. The van der Waals surface area contributed by atoms with E-state index < -0.39 is 23.6 Å². The number of halogens is 5. The SMILES string of the molecule is CCC(O)(c1ccc(OC(F)(F)C(F)(F)F)cc1)c1cnccn1. The highest BCUT2D eigenvalue weighted by Gasteiger charge is 2.61. The van der Waals surface area contributed by atoms with E-state index >= 15 is 0 Å². The van der Waals surface area contributed by atoms with Crippen molar-refractivity contribution < 1.29 is 31.8 Å². The number of hydrogen-bond acceptors (Lipinski definition) is 4. The van der Waals surface area contributed by atoms with Crippen molar-refractivity contribution in [3.05, 3.63) is 54.1 Å². The summed E-state index contributed by atoms with van der Waals surface area (Å²) < 4.78 is 65.8. The van der Waals surface area contributed by atoms with E-state index in [0.717, 1.165) is 12.1 Å². The average molecular weight is 348 g/mol. The van der Waals surface area contributed by atoms with E-state index in [0.29, 0.717) is 0 Å². The molecule has 0 fully saturated rings. The molecule has 24 heavy (non-hydrogen) atoms. The van der Waals surface area contributed by atoms with Gasteiger partial charge < -0.3 is 9.84 Å². The molecular weight excluding hydrogens is 335 g/mol. The number of aromatic nitrogens is 2. The van der Waals surface area contributed by atoms with Gasteiger partial charge in [-0.1, -0.05) is 19.1 Å². The Bertz CT molecular complexity index is 677. The largest absolute Gasteiger partial charge is 0.499 e. The summed E-state index contributed by atoms with van der Waals surface area (Å²) in [5.74, 6) is -0.682. The summed E-state index contributed by atoms with van der Waals surface area (Å²) in [6, 6.07) is 4.23. The summed E-state index contributed by atoms with van der Waals surface area (Å²) in [5.41, 5.74) is -1.07. The molecule has 0 spiro atoms. The van der Waals surface area contributed by atoms with Crippen molar-refractivity contribution in [2.75, 3.05) is 0 Å². The van der Waals surface area contributed by atoms with Gasteiger partial charge in [0, 0.05) is 12.4 Å². The van der Waals surface area contributed by atoms with E-state index in [9.17, 15) is 27.1 Å². The van der Waals surface area contributed by atoms with Gasteiger partial charge in [-0.3, -0.25) is 9.97 Å². The van der Waals surface area contributed by atoms with Crippen LogP contribution >= 0.6 is 0 Å². The Balaban J connectivity index is 2.29. The Morgan fingerprint density at radius 2 is 1.67 bits per heavy atom. The van der Waals surface area contributed by atoms with Gasteiger partial charge >= 0.3 is 12.3 Å². The van der Waals surface area contributed by atoms with Crippen molar-refractivity contribution in [3.8, 4) is 5.75 Å². The number of alkyl halides is 5. The molecule has 0 aliphatic rings. The van der Waals surface area contributed by atoms with Crippen molar-refractivity contribution in [2.24, 2.45) is 0 Å². The number of nitrogens with zero attached hydrogens (tertiary/aromatic N) is 2. The molecule has 1 atom stereocenters. The average Bonchev–Trinajstić information content (AvgIpc) is 2.54. The second-order valence-electron chi connectivity index (χ2n) is 4.95. The molecule has 0 bridgehead atoms. The quantitative estimate of drug-likeness (QED) is 0.838. The first-order valence-corrected chi connectivity index (χ1v) is 6.83. The maximum absolute atomic E-state index is 12.9. The number of ether oxygens (including phenoxy) is 1. The molecule has 130 valence electrons. The second-order valence-corrected chi connectivity index (χ2v) is 4.95. The minimum Gasteiger partial charge on any atom is -0.426 e. The first-order valence-electron chi connectivity index (χ1n) is 6.83. The standard InChI is InChI=1S/C15H13F5N2O2/c1-2-13(23,12-9-21-7-8-22-12)10-3-5-11(6-4-10)24-15(19,20)14(16,17)18/h3-9,23H,2H2,1H3. The van der Waals surface area contributed by atoms with Gasteiger partial charge in [-0.15, -0.1) is 0 Å². The smallest absolute Gasteiger partial charge is 0.426 e. The predicted octanol–water partition coefficient (Wildman–Crippen LogP) is 3.66. The summed E-state index contributed by atoms with van der Waals surface area (Å²) in [6.45, 7) is 1.66. The lowest BCUT2D eigenvalue weighted by Gasteiger charge is -2.27. The van der Waals surface area contributed by atoms with Gasteiger partial charge in [-0.05, 0) is 24.1 Å². The molecule has 0 aliphatic carbocycles. The highest BCUT2D eigenvalue weighted by Crippen LogP contribution is 2.38. The van der Waals surface area contributed by atoms with E-state index in [-0.39, 0.29) is 17.7 Å². The fraction of sp³-hybridized carbons (Fsp3) is 0.333. The molecule has 0 aliphatic heterocycles. The number of aliphatic hydroxyl groups is 1. The van der Waals surface area contributed by atoms with Crippen LogP contribution in [-0.4, -0.2) is 27.4 Å². The third kappa shape index (κ3) is 3.45. The van der Waals surface area contributed by atoms with E-state index in [4.69, 9.17) is 0 Å². The molecule has 1 heterocycles. The Labute approximate surface area is 133 Å². The third-order valence-corrected chi connectivity index (χ3v) is 3.41. The molecule has 4 nitrogen and oxygen atoms in total. The van der Waals surface area contributed by atoms with Gasteiger partial charge in [-0.25, -0.2) is 0 Å². The number of benzene rings is 1. The van der Waals surface area contributed by atoms with Gasteiger partial charge in [0.2, 0.25) is 0 Å². The van der Waals surface area contributed by atoms with E-state index in [1.54, 1.807) is 6.92 Å². The van der Waals surface area contributed by atoms with Crippen LogP contribution in [0, 0.1) is 0 Å². The Morgan fingerprint density at radius 3 is 2.12 bits per heavy atom. The monoisotopic (exact) mass is 348 g/mol. The molecule has 0 radical (unpaired) electrons. The number of rotatable bonds is 5. The van der Waals surface area contributed by atoms with E-state index in [2.05, 4.69) is 14.7 Å². The van der Waals surface area contributed by atoms with Gasteiger partial charge in [0.1, 0.15) is 11.4 Å². The zero-order chi connectivity index (χ0) is 18.0. The van der Waals surface area contributed by atoms with Crippen molar-refractivity contribution in [1.29, 1.82) is 0 Å². The van der Waals surface area contributed by atoms with Crippen LogP contribution in [0.2, 0.25) is 0 Å². The summed E-state index contributed by atoms with van der Waals surface area (Å²) in [7, 11) is 0. The Kier molecular flexibility index (Phi) is 4.75. The first kappa shape index (κ1) is 18.1. The Morgan fingerprint density at radius 1 is 1.04 bits per heavy atom. The second kappa shape index (κ2) is 6.31. The van der Waals surface area contributed by atoms with Crippen LogP contribution in [0.3, 0.4) is 0 Å². The Hall–Kier alpha value is -2.29.